The van der Waals surface area contributed by atoms with Gasteiger partial charge in [-0.05, 0) is 36.8 Å². The highest BCUT2D eigenvalue weighted by Crippen LogP contribution is 2.15. The zero-order valence-corrected chi connectivity index (χ0v) is 12.1. The lowest BCUT2D eigenvalue weighted by atomic mass is 10.1. The number of rotatable bonds is 5. The molecule has 0 saturated heterocycles. The Morgan fingerprint density at radius 2 is 2.15 bits per heavy atom. The third kappa shape index (κ3) is 3.17. The molecule has 0 bridgehead atoms. The smallest absolute Gasteiger partial charge is 0.251 e. The van der Waals surface area contributed by atoms with Gasteiger partial charge < -0.3 is 10.6 Å². The zero-order valence-electron chi connectivity index (χ0n) is 12.1. The van der Waals surface area contributed by atoms with Crippen molar-refractivity contribution < 1.29 is 4.79 Å². The topological polar surface area (TPSA) is 59.0 Å². The van der Waals surface area contributed by atoms with Crippen molar-refractivity contribution in [3.63, 3.8) is 0 Å². The van der Waals surface area contributed by atoms with Crippen molar-refractivity contribution in [1.82, 2.24) is 15.1 Å². The number of hydrogen-bond acceptors (Lipinski definition) is 3. The van der Waals surface area contributed by atoms with Crippen molar-refractivity contribution in [3.8, 4) is 0 Å². The summed E-state index contributed by atoms with van der Waals surface area (Å²) in [5, 5.41) is 10.1. The Labute approximate surface area is 119 Å². The van der Waals surface area contributed by atoms with Crippen LogP contribution in [0.4, 0.5) is 5.69 Å². The second-order valence-corrected chi connectivity index (χ2v) is 4.73. The summed E-state index contributed by atoms with van der Waals surface area (Å²) < 4.78 is 1.82. The molecule has 0 unspecified atom stereocenters. The third-order valence-electron chi connectivity index (χ3n) is 3.35. The van der Waals surface area contributed by atoms with Gasteiger partial charge in [-0.1, -0.05) is 0 Å². The molecule has 106 valence electrons. The number of nitrogens with zero attached hydrogens (tertiary/aromatic N) is 2. The summed E-state index contributed by atoms with van der Waals surface area (Å²) in [4.78, 5) is 12.1. The van der Waals surface area contributed by atoms with Crippen LogP contribution in [0.1, 0.15) is 21.6 Å². The molecule has 1 aromatic heterocycles. The van der Waals surface area contributed by atoms with Crippen molar-refractivity contribution >= 4 is 11.6 Å². The maximum Gasteiger partial charge on any atom is 0.251 e. The molecule has 0 aliphatic rings. The molecule has 2 rings (SSSR count). The Balaban J connectivity index is 1.92. The van der Waals surface area contributed by atoms with Gasteiger partial charge in [0.1, 0.15) is 0 Å². The van der Waals surface area contributed by atoms with E-state index in [9.17, 15) is 4.79 Å². The third-order valence-corrected chi connectivity index (χ3v) is 3.35. The quantitative estimate of drug-likeness (QED) is 0.871. The second kappa shape index (κ2) is 6.23. The summed E-state index contributed by atoms with van der Waals surface area (Å²) in [5.74, 6) is -0.0436. The van der Waals surface area contributed by atoms with Crippen molar-refractivity contribution in [2.45, 2.75) is 13.3 Å². The lowest BCUT2D eigenvalue weighted by Crippen LogP contribution is -2.26. The van der Waals surface area contributed by atoms with Crippen LogP contribution in [0.3, 0.4) is 0 Å². The first kappa shape index (κ1) is 14.1. The van der Waals surface area contributed by atoms with Gasteiger partial charge in [-0.2, -0.15) is 5.10 Å². The van der Waals surface area contributed by atoms with E-state index in [0.717, 1.165) is 23.4 Å². The van der Waals surface area contributed by atoms with Gasteiger partial charge in [0, 0.05) is 50.2 Å². The molecule has 0 atom stereocenters. The summed E-state index contributed by atoms with van der Waals surface area (Å²) in [7, 11) is 3.77. The lowest BCUT2D eigenvalue weighted by molar-refractivity contribution is 0.0954. The largest absolute Gasteiger partial charge is 0.388 e. The van der Waals surface area contributed by atoms with Crippen LogP contribution >= 0.6 is 0 Å². The molecule has 0 fully saturated rings. The fourth-order valence-corrected chi connectivity index (χ4v) is 2.14. The molecule has 1 heterocycles. The molecular formula is C15H20N4O. The van der Waals surface area contributed by atoms with Crippen molar-refractivity contribution in [2.75, 3.05) is 18.9 Å². The minimum atomic E-state index is -0.0436. The maximum absolute atomic E-state index is 12.1. The van der Waals surface area contributed by atoms with Gasteiger partial charge in [0.25, 0.3) is 5.91 Å². The van der Waals surface area contributed by atoms with E-state index in [1.165, 1.54) is 0 Å². The fourth-order valence-electron chi connectivity index (χ4n) is 2.14. The molecule has 0 saturated carbocycles. The Morgan fingerprint density at radius 1 is 1.35 bits per heavy atom. The SMILES string of the molecule is CNc1ccc(C(=O)NCCc2ccnn2C)cc1C. The number of amides is 1. The number of aryl methyl sites for hydroxylation is 2. The molecule has 5 heteroatoms. The summed E-state index contributed by atoms with van der Waals surface area (Å²) in [6.45, 7) is 2.59. The number of anilines is 1. The van der Waals surface area contributed by atoms with Crippen molar-refractivity contribution in [3.05, 3.63) is 47.3 Å². The first-order valence-corrected chi connectivity index (χ1v) is 6.65. The predicted octanol–water partition coefficient (Wildman–Crippen LogP) is 1.74. The molecule has 20 heavy (non-hydrogen) atoms. The van der Waals surface area contributed by atoms with Crippen LogP contribution in [0.2, 0.25) is 0 Å². The van der Waals surface area contributed by atoms with Gasteiger partial charge in [0.2, 0.25) is 0 Å². The van der Waals surface area contributed by atoms with Gasteiger partial charge in [0.05, 0.1) is 0 Å². The molecule has 2 N–H and O–H groups in total. The normalized spacial score (nSPS) is 10.3. The van der Waals surface area contributed by atoms with E-state index >= 15 is 0 Å². The molecule has 0 spiro atoms. The minimum absolute atomic E-state index is 0.0436. The number of nitrogens with one attached hydrogen (secondary N) is 2. The van der Waals surface area contributed by atoms with Crippen LogP contribution in [0.5, 0.6) is 0 Å². The monoisotopic (exact) mass is 272 g/mol. The molecule has 2 aromatic rings. The first-order valence-electron chi connectivity index (χ1n) is 6.65. The number of carbonyl (C=O) groups excluding carboxylic acids is 1. The highest BCUT2D eigenvalue weighted by atomic mass is 16.1. The van der Waals surface area contributed by atoms with Gasteiger partial charge in [-0.25, -0.2) is 0 Å². The summed E-state index contributed by atoms with van der Waals surface area (Å²) in [6.07, 6.45) is 2.53. The number of hydrogen-bond donors (Lipinski definition) is 2. The van der Waals surface area contributed by atoms with Gasteiger partial charge >= 0.3 is 0 Å². The van der Waals surface area contributed by atoms with Gasteiger partial charge in [-0.3, -0.25) is 9.48 Å². The van der Waals surface area contributed by atoms with E-state index in [1.54, 1.807) is 6.20 Å². The highest BCUT2D eigenvalue weighted by Gasteiger charge is 2.07. The summed E-state index contributed by atoms with van der Waals surface area (Å²) in [5.41, 5.74) is 3.89. The van der Waals surface area contributed by atoms with Gasteiger partial charge in [0.15, 0.2) is 0 Å². The fraction of sp³-hybridized carbons (Fsp3) is 0.333. The molecule has 0 radical (unpaired) electrons. The molecule has 0 aliphatic heterocycles. The highest BCUT2D eigenvalue weighted by molar-refractivity contribution is 5.94. The average Bonchev–Trinajstić information content (AvgIpc) is 2.84. The first-order chi connectivity index (χ1) is 9.61. The van der Waals surface area contributed by atoms with Crippen LogP contribution in [0, 0.1) is 6.92 Å². The van der Waals surface area contributed by atoms with E-state index in [0.29, 0.717) is 12.1 Å². The molecule has 0 aliphatic carbocycles. The predicted molar refractivity (Wildman–Crippen MR) is 80.0 cm³/mol. The Hall–Kier alpha value is -2.30. The Kier molecular flexibility index (Phi) is 4.40. The van der Waals surface area contributed by atoms with E-state index in [-0.39, 0.29) is 5.91 Å². The molecule has 5 nitrogen and oxygen atoms in total. The summed E-state index contributed by atoms with van der Waals surface area (Å²) in [6, 6.07) is 7.60. The van der Waals surface area contributed by atoms with E-state index in [1.807, 2.05) is 50.0 Å². The van der Waals surface area contributed by atoms with E-state index in [4.69, 9.17) is 0 Å². The molecule has 1 amide bonds. The Bertz CT molecular complexity index is 604. The maximum atomic E-state index is 12.1. The van der Waals surface area contributed by atoms with Crippen LogP contribution in [0.25, 0.3) is 0 Å². The number of carbonyl (C=O) groups is 1. The van der Waals surface area contributed by atoms with Crippen LogP contribution < -0.4 is 10.6 Å². The van der Waals surface area contributed by atoms with Crippen molar-refractivity contribution in [1.29, 1.82) is 0 Å². The van der Waals surface area contributed by atoms with Crippen molar-refractivity contribution in [2.24, 2.45) is 7.05 Å². The average molecular weight is 272 g/mol. The lowest BCUT2D eigenvalue weighted by Gasteiger charge is -2.09. The zero-order chi connectivity index (χ0) is 14.5. The number of benzene rings is 1. The van der Waals surface area contributed by atoms with Crippen LogP contribution in [-0.4, -0.2) is 29.3 Å². The summed E-state index contributed by atoms with van der Waals surface area (Å²) >= 11 is 0. The molecule has 1 aromatic carbocycles. The van der Waals surface area contributed by atoms with E-state index in [2.05, 4.69) is 15.7 Å². The second-order valence-electron chi connectivity index (χ2n) is 4.73. The van der Waals surface area contributed by atoms with Gasteiger partial charge in [-0.15, -0.1) is 0 Å². The molecular weight excluding hydrogens is 252 g/mol. The number of aromatic nitrogens is 2. The Morgan fingerprint density at radius 3 is 2.75 bits per heavy atom. The van der Waals surface area contributed by atoms with Crippen LogP contribution in [0.15, 0.2) is 30.5 Å². The minimum Gasteiger partial charge on any atom is -0.388 e. The van der Waals surface area contributed by atoms with E-state index < -0.39 is 0 Å². The van der Waals surface area contributed by atoms with Crippen LogP contribution in [-0.2, 0) is 13.5 Å². The standard InChI is InChI=1S/C15H20N4O/c1-11-10-12(4-5-14(11)16-2)15(20)17-8-6-13-7-9-18-19(13)3/h4-5,7,9-10,16H,6,8H2,1-3H3,(H,17,20).